The van der Waals surface area contributed by atoms with Crippen LogP contribution >= 0.6 is 0 Å². The molecule has 1 fully saturated rings. The molecule has 1 heterocycles. The van der Waals surface area contributed by atoms with E-state index in [1.165, 1.54) is 0 Å². The van der Waals surface area contributed by atoms with E-state index in [1.807, 2.05) is 38.1 Å². The molecule has 0 aromatic heterocycles. The van der Waals surface area contributed by atoms with Crippen LogP contribution < -0.4 is 15.4 Å². The van der Waals surface area contributed by atoms with Crippen molar-refractivity contribution >= 4 is 5.91 Å². The molecule has 1 aromatic carbocycles. The van der Waals surface area contributed by atoms with Crippen molar-refractivity contribution in [3.8, 4) is 5.75 Å². The normalized spacial score (nSPS) is 17.5. The average Bonchev–Trinajstić information content (AvgIpc) is 2.49. The van der Waals surface area contributed by atoms with Crippen LogP contribution in [0.25, 0.3) is 0 Å². The van der Waals surface area contributed by atoms with E-state index >= 15 is 0 Å². The van der Waals surface area contributed by atoms with Crippen molar-refractivity contribution in [2.45, 2.75) is 32.7 Å². The Hall–Kier alpha value is -1.55. The predicted octanol–water partition coefficient (Wildman–Crippen LogP) is 2.26. The van der Waals surface area contributed by atoms with Gasteiger partial charge in [-0.15, -0.1) is 0 Å². The van der Waals surface area contributed by atoms with Crippen LogP contribution in [-0.2, 0) is 4.79 Å². The van der Waals surface area contributed by atoms with Gasteiger partial charge in [0.2, 0.25) is 5.91 Å². The molecule has 0 aliphatic carbocycles. The molecule has 1 amide bonds. The number of amides is 1. The highest BCUT2D eigenvalue weighted by Gasteiger charge is 2.22. The molecule has 2 N–H and O–H groups in total. The third kappa shape index (κ3) is 3.97. The van der Waals surface area contributed by atoms with Gasteiger partial charge in [0.1, 0.15) is 5.75 Å². The molecule has 1 saturated heterocycles. The summed E-state index contributed by atoms with van der Waals surface area (Å²) in [5, 5.41) is 6.39. The van der Waals surface area contributed by atoms with E-state index in [9.17, 15) is 4.79 Å². The summed E-state index contributed by atoms with van der Waals surface area (Å²) in [6, 6.07) is 7.96. The first kappa shape index (κ1) is 14.9. The van der Waals surface area contributed by atoms with Crippen molar-refractivity contribution in [3.63, 3.8) is 0 Å². The second-order valence-corrected chi connectivity index (χ2v) is 5.26. The fourth-order valence-corrected chi connectivity index (χ4v) is 2.52. The fourth-order valence-electron chi connectivity index (χ4n) is 2.52. The van der Waals surface area contributed by atoms with Crippen LogP contribution in [0.4, 0.5) is 0 Å². The maximum absolute atomic E-state index is 12.2. The van der Waals surface area contributed by atoms with Gasteiger partial charge in [0.15, 0.2) is 0 Å². The zero-order valence-corrected chi connectivity index (χ0v) is 12.3. The lowest BCUT2D eigenvalue weighted by atomic mass is 9.96. The van der Waals surface area contributed by atoms with Gasteiger partial charge >= 0.3 is 0 Å². The SMILES string of the molecule is CCOc1ccc(C(C)NC(=O)C2CCNCC2)cc1. The molecule has 0 radical (unpaired) electrons. The minimum Gasteiger partial charge on any atom is -0.494 e. The van der Waals surface area contributed by atoms with Crippen molar-refractivity contribution in [3.05, 3.63) is 29.8 Å². The summed E-state index contributed by atoms with van der Waals surface area (Å²) in [5.74, 6) is 1.20. The lowest BCUT2D eigenvalue weighted by Crippen LogP contribution is -2.39. The summed E-state index contributed by atoms with van der Waals surface area (Å²) in [7, 11) is 0. The van der Waals surface area contributed by atoms with Crippen LogP contribution in [-0.4, -0.2) is 25.6 Å². The summed E-state index contributed by atoms with van der Waals surface area (Å²) >= 11 is 0. The summed E-state index contributed by atoms with van der Waals surface area (Å²) < 4.78 is 5.42. The number of nitrogens with one attached hydrogen (secondary N) is 2. The lowest BCUT2D eigenvalue weighted by Gasteiger charge is -2.24. The maximum Gasteiger partial charge on any atom is 0.223 e. The minimum absolute atomic E-state index is 0.0352. The Morgan fingerprint density at radius 3 is 2.60 bits per heavy atom. The van der Waals surface area contributed by atoms with Crippen LogP contribution in [0.5, 0.6) is 5.75 Å². The van der Waals surface area contributed by atoms with E-state index in [-0.39, 0.29) is 17.9 Å². The molecule has 2 rings (SSSR count). The predicted molar refractivity (Wildman–Crippen MR) is 79.8 cm³/mol. The molecule has 1 atom stereocenters. The Bertz CT molecular complexity index is 425. The first-order valence-electron chi connectivity index (χ1n) is 7.44. The molecule has 0 bridgehead atoms. The quantitative estimate of drug-likeness (QED) is 0.867. The zero-order valence-electron chi connectivity index (χ0n) is 12.3. The van der Waals surface area contributed by atoms with Gasteiger partial charge in [0, 0.05) is 5.92 Å². The van der Waals surface area contributed by atoms with Crippen molar-refractivity contribution < 1.29 is 9.53 Å². The summed E-state index contributed by atoms with van der Waals surface area (Å²) in [6.45, 7) is 6.54. The number of piperidine rings is 1. The Kier molecular flexibility index (Phi) is 5.41. The Morgan fingerprint density at radius 1 is 1.35 bits per heavy atom. The Balaban J connectivity index is 1.89. The third-order valence-electron chi connectivity index (χ3n) is 3.76. The van der Waals surface area contributed by atoms with Crippen LogP contribution in [0.15, 0.2) is 24.3 Å². The smallest absolute Gasteiger partial charge is 0.223 e. The highest BCUT2D eigenvalue weighted by Crippen LogP contribution is 2.19. The first-order valence-corrected chi connectivity index (χ1v) is 7.44. The molecule has 20 heavy (non-hydrogen) atoms. The summed E-state index contributed by atoms with van der Waals surface area (Å²) in [4.78, 5) is 12.2. The highest BCUT2D eigenvalue weighted by molar-refractivity contribution is 5.79. The number of hydrogen-bond donors (Lipinski definition) is 2. The molecule has 1 aliphatic rings. The van der Waals surface area contributed by atoms with Gasteiger partial charge in [-0.3, -0.25) is 4.79 Å². The molecule has 1 unspecified atom stereocenters. The van der Waals surface area contributed by atoms with E-state index in [4.69, 9.17) is 4.74 Å². The fraction of sp³-hybridized carbons (Fsp3) is 0.562. The van der Waals surface area contributed by atoms with Crippen LogP contribution in [0.2, 0.25) is 0 Å². The van der Waals surface area contributed by atoms with Gasteiger partial charge in [-0.1, -0.05) is 12.1 Å². The van der Waals surface area contributed by atoms with Gasteiger partial charge in [-0.25, -0.2) is 0 Å². The summed E-state index contributed by atoms with van der Waals surface area (Å²) in [5.41, 5.74) is 1.11. The number of carbonyl (C=O) groups is 1. The molecular formula is C16H24N2O2. The molecule has 1 aliphatic heterocycles. The van der Waals surface area contributed by atoms with E-state index < -0.39 is 0 Å². The molecular weight excluding hydrogens is 252 g/mol. The molecule has 4 heteroatoms. The first-order chi connectivity index (χ1) is 9.70. The van der Waals surface area contributed by atoms with Crippen LogP contribution in [0.3, 0.4) is 0 Å². The zero-order chi connectivity index (χ0) is 14.4. The van der Waals surface area contributed by atoms with Crippen molar-refractivity contribution in [1.82, 2.24) is 10.6 Å². The van der Waals surface area contributed by atoms with E-state index in [2.05, 4.69) is 10.6 Å². The Labute approximate surface area is 120 Å². The van der Waals surface area contributed by atoms with Gasteiger partial charge in [0.25, 0.3) is 0 Å². The number of ether oxygens (including phenoxy) is 1. The van der Waals surface area contributed by atoms with Gasteiger partial charge in [0.05, 0.1) is 12.6 Å². The highest BCUT2D eigenvalue weighted by atomic mass is 16.5. The maximum atomic E-state index is 12.2. The second kappa shape index (κ2) is 7.29. The van der Waals surface area contributed by atoms with E-state index in [0.29, 0.717) is 6.61 Å². The second-order valence-electron chi connectivity index (χ2n) is 5.26. The third-order valence-corrected chi connectivity index (χ3v) is 3.76. The van der Waals surface area contributed by atoms with Gasteiger partial charge in [-0.2, -0.15) is 0 Å². The molecule has 0 saturated carbocycles. The largest absolute Gasteiger partial charge is 0.494 e. The van der Waals surface area contributed by atoms with Gasteiger partial charge in [-0.05, 0) is 57.5 Å². The number of benzene rings is 1. The van der Waals surface area contributed by atoms with Crippen molar-refractivity contribution in [2.24, 2.45) is 5.92 Å². The number of rotatable bonds is 5. The van der Waals surface area contributed by atoms with Crippen molar-refractivity contribution in [1.29, 1.82) is 0 Å². The topological polar surface area (TPSA) is 50.4 Å². The molecule has 4 nitrogen and oxygen atoms in total. The average molecular weight is 276 g/mol. The Morgan fingerprint density at radius 2 is 2.00 bits per heavy atom. The number of carbonyl (C=O) groups excluding carboxylic acids is 1. The standard InChI is InChI=1S/C16H24N2O2/c1-3-20-15-6-4-13(5-7-15)12(2)18-16(19)14-8-10-17-11-9-14/h4-7,12,14,17H,3,8-11H2,1-2H3,(H,18,19). The molecule has 0 spiro atoms. The molecule has 1 aromatic rings. The minimum atomic E-state index is 0.0352. The van der Waals surface area contributed by atoms with E-state index in [0.717, 1.165) is 37.2 Å². The monoisotopic (exact) mass is 276 g/mol. The van der Waals surface area contributed by atoms with Crippen LogP contribution in [0.1, 0.15) is 38.3 Å². The molecule has 110 valence electrons. The van der Waals surface area contributed by atoms with Crippen molar-refractivity contribution in [2.75, 3.05) is 19.7 Å². The van der Waals surface area contributed by atoms with Crippen LogP contribution in [0, 0.1) is 5.92 Å². The van der Waals surface area contributed by atoms with Gasteiger partial charge < -0.3 is 15.4 Å². The number of hydrogen-bond acceptors (Lipinski definition) is 3. The van der Waals surface area contributed by atoms with E-state index in [1.54, 1.807) is 0 Å². The lowest BCUT2D eigenvalue weighted by molar-refractivity contribution is -0.126. The summed E-state index contributed by atoms with van der Waals surface area (Å²) in [6.07, 6.45) is 1.86.